The Morgan fingerprint density at radius 1 is 1.53 bits per heavy atom. The summed E-state index contributed by atoms with van der Waals surface area (Å²) in [5, 5.41) is 17.1. The molecule has 5 heteroatoms. The molecule has 0 saturated heterocycles. The molecule has 1 aromatic rings. The predicted octanol–water partition coefficient (Wildman–Crippen LogP) is 1.68. The summed E-state index contributed by atoms with van der Waals surface area (Å²) in [5.74, 6) is -1.24. The number of rotatable bonds is 2. The standard InChI is InChI=1S/C10H8N2O2.ClH/c11-6-8(10(13)14)4-7-2-1-3-9(12)5-7;/h1-5H,12H2,(H,13,14);1H. The number of nitrogen functional groups attached to an aromatic ring is 1. The second-order valence-electron chi connectivity index (χ2n) is 2.65. The first-order valence-corrected chi connectivity index (χ1v) is 3.84. The number of carbonyl (C=O) groups is 1. The Morgan fingerprint density at radius 2 is 2.20 bits per heavy atom. The number of carboxylic acids is 1. The summed E-state index contributed by atoms with van der Waals surface area (Å²) in [4.78, 5) is 10.5. The maximum Gasteiger partial charge on any atom is 0.346 e. The Labute approximate surface area is 93.0 Å². The van der Waals surface area contributed by atoms with Crippen molar-refractivity contribution in [1.29, 1.82) is 5.26 Å². The maximum absolute atomic E-state index is 10.5. The van der Waals surface area contributed by atoms with Gasteiger partial charge in [-0.2, -0.15) is 5.26 Å². The maximum atomic E-state index is 10.5. The molecular weight excluding hydrogens is 216 g/mol. The van der Waals surface area contributed by atoms with Crippen molar-refractivity contribution in [2.45, 2.75) is 0 Å². The molecule has 15 heavy (non-hydrogen) atoms. The lowest BCUT2D eigenvalue weighted by Gasteiger charge is -1.95. The van der Waals surface area contributed by atoms with Crippen LogP contribution in [0.5, 0.6) is 0 Å². The quantitative estimate of drug-likeness (QED) is 0.455. The van der Waals surface area contributed by atoms with Crippen LogP contribution in [0.4, 0.5) is 5.69 Å². The van der Waals surface area contributed by atoms with E-state index >= 15 is 0 Å². The molecule has 0 aliphatic carbocycles. The molecule has 1 rings (SSSR count). The molecule has 3 N–H and O–H groups in total. The van der Waals surface area contributed by atoms with Gasteiger partial charge in [-0.25, -0.2) is 4.79 Å². The summed E-state index contributed by atoms with van der Waals surface area (Å²) >= 11 is 0. The van der Waals surface area contributed by atoms with Gasteiger partial charge in [0.15, 0.2) is 0 Å². The SMILES string of the molecule is Cl.N#CC(=Cc1cccc(N)c1)C(=O)O. The summed E-state index contributed by atoms with van der Waals surface area (Å²) in [5.41, 5.74) is 6.31. The number of halogens is 1. The highest BCUT2D eigenvalue weighted by Crippen LogP contribution is 2.10. The number of hydrogen-bond acceptors (Lipinski definition) is 3. The largest absolute Gasteiger partial charge is 0.477 e. The van der Waals surface area contributed by atoms with Gasteiger partial charge in [0.05, 0.1) is 0 Å². The van der Waals surface area contributed by atoms with Crippen LogP contribution in [0, 0.1) is 11.3 Å². The second kappa shape index (κ2) is 5.68. The van der Waals surface area contributed by atoms with E-state index in [2.05, 4.69) is 0 Å². The van der Waals surface area contributed by atoms with Crippen LogP contribution in [-0.4, -0.2) is 11.1 Å². The van der Waals surface area contributed by atoms with Crippen LogP contribution in [0.15, 0.2) is 29.8 Å². The second-order valence-corrected chi connectivity index (χ2v) is 2.65. The van der Waals surface area contributed by atoms with Crippen LogP contribution in [0.25, 0.3) is 6.08 Å². The molecule has 0 bridgehead atoms. The molecule has 0 radical (unpaired) electrons. The third kappa shape index (κ3) is 3.71. The van der Waals surface area contributed by atoms with E-state index in [0.717, 1.165) is 0 Å². The lowest BCUT2D eigenvalue weighted by molar-refractivity contribution is -0.132. The number of nitrogens with zero attached hydrogens (tertiary/aromatic N) is 1. The zero-order chi connectivity index (χ0) is 10.6. The van der Waals surface area contributed by atoms with Crippen molar-refractivity contribution < 1.29 is 9.90 Å². The van der Waals surface area contributed by atoms with E-state index in [4.69, 9.17) is 16.1 Å². The van der Waals surface area contributed by atoms with Crippen LogP contribution in [0.3, 0.4) is 0 Å². The van der Waals surface area contributed by atoms with Crippen molar-refractivity contribution in [1.82, 2.24) is 0 Å². The van der Waals surface area contributed by atoms with Crippen LogP contribution < -0.4 is 5.73 Å². The molecule has 0 fully saturated rings. The van der Waals surface area contributed by atoms with Crippen molar-refractivity contribution >= 4 is 30.1 Å². The molecule has 0 atom stereocenters. The van der Waals surface area contributed by atoms with Crippen LogP contribution >= 0.6 is 12.4 Å². The van der Waals surface area contributed by atoms with Crippen LogP contribution in [0.2, 0.25) is 0 Å². The monoisotopic (exact) mass is 224 g/mol. The Balaban J connectivity index is 0.00000196. The smallest absolute Gasteiger partial charge is 0.346 e. The number of benzene rings is 1. The summed E-state index contributed by atoms with van der Waals surface area (Å²) in [7, 11) is 0. The van der Waals surface area contributed by atoms with E-state index in [0.29, 0.717) is 11.3 Å². The van der Waals surface area contributed by atoms with Gasteiger partial charge in [-0.05, 0) is 23.8 Å². The van der Waals surface area contributed by atoms with E-state index in [9.17, 15) is 4.79 Å². The number of aliphatic carboxylic acids is 1. The number of carboxylic acid groups (broad SMARTS) is 1. The van der Waals surface area contributed by atoms with Crippen molar-refractivity contribution in [3.05, 3.63) is 35.4 Å². The fourth-order valence-corrected chi connectivity index (χ4v) is 0.957. The van der Waals surface area contributed by atoms with Crippen molar-refractivity contribution in [3.63, 3.8) is 0 Å². The van der Waals surface area contributed by atoms with E-state index in [-0.39, 0.29) is 18.0 Å². The molecule has 0 aromatic heterocycles. The van der Waals surface area contributed by atoms with Gasteiger partial charge in [0, 0.05) is 5.69 Å². The molecule has 0 unspecified atom stereocenters. The van der Waals surface area contributed by atoms with Crippen molar-refractivity contribution in [2.24, 2.45) is 0 Å². The zero-order valence-electron chi connectivity index (χ0n) is 7.68. The van der Waals surface area contributed by atoms with Gasteiger partial charge < -0.3 is 10.8 Å². The third-order valence-corrected chi connectivity index (χ3v) is 1.57. The number of hydrogen-bond donors (Lipinski definition) is 2. The topological polar surface area (TPSA) is 87.1 Å². The summed E-state index contributed by atoms with van der Waals surface area (Å²) < 4.78 is 0. The highest BCUT2D eigenvalue weighted by atomic mass is 35.5. The lowest BCUT2D eigenvalue weighted by Crippen LogP contribution is -1.97. The third-order valence-electron chi connectivity index (χ3n) is 1.57. The number of nitrogens with two attached hydrogens (primary N) is 1. The fourth-order valence-electron chi connectivity index (χ4n) is 0.957. The molecule has 0 saturated carbocycles. The Morgan fingerprint density at radius 3 is 2.67 bits per heavy atom. The first-order chi connectivity index (χ1) is 6.63. The Hall–Kier alpha value is -1.99. The lowest BCUT2D eigenvalue weighted by atomic mass is 10.1. The molecule has 0 aliphatic rings. The molecule has 0 spiro atoms. The van der Waals surface area contributed by atoms with E-state index < -0.39 is 5.97 Å². The Bertz CT molecular complexity index is 435. The fraction of sp³-hybridized carbons (Fsp3) is 0. The summed E-state index contributed by atoms with van der Waals surface area (Å²) in [6, 6.07) is 8.24. The van der Waals surface area contributed by atoms with Gasteiger partial charge >= 0.3 is 5.97 Å². The average Bonchev–Trinajstić information content (AvgIpc) is 2.14. The zero-order valence-corrected chi connectivity index (χ0v) is 8.49. The van der Waals surface area contributed by atoms with Gasteiger partial charge in [-0.15, -0.1) is 12.4 Å². The minimum atomic E-state index is -1.24. The molecule has 0 amide bonds. The molecule has 0 aliphatic heterocycles. The molecular formula is C10H9ClN2O2. The highest BCUT2D eigenvalue weighted by molar-refractivity contribution is 5.96. The highest BCUT2D eigenvalue weighted by Gasteiger charge is 2.04. The van der Waals surface area contributed by atoms with E-state index in [1.807, 2.05) is 0 Å². The van der Waals surface area contributed by atoms with E-state index in [1.54, 1.807) is 30.3 Å². The summed E-state index contributed by atoms with van der Waals surface area (Å²) in [6.45, 7) is 0. The molecule has 0 heterocycles. The van der Waals surface area contributed by atoms with Crippen LogP contribution in [-0.2, 0) is 4.79 Å². The first-order valence-electron chi connectivity index (χ1n) is 3.84. The average molecular weight is 225 g/mol. The molecule has 78 valence electrons. The van der Waals surface area contributed by atoms with Gasteiger partial charge in [0.25, 0.3) is 0 Å². The predicted molar refractivity (Wildman–Crippen MR) is 59.3 cm³/mol. The number of nitriles is 1. The minimum Gasteiger partial charge on any atom is -0.477 e. The minimum absolute atomic E-state index is 0. The van der Waals surface area contributed by atoms with Crippen molar-refractivity contribution in [2.75, 3.05) is 5.73 Å². The summed E-state index contributed by atoms with van der Waals surface area (Å²) in [6.07, 6.45) is 1.28. The van der Waals surface area contributed by atoms with Crippen molar-refractivity contribution in [3.8, 4) is 6.07 Å². The Kier molecular flexibility index (Phi) is 4.93. The van der Waals surface area contributed by atoms with Gasteiger partial charge in [0.1, 0.15) is 11.6 Å². The normalized spacial score (nSPS) is 9.93. The van der Waals surface area contributed by atoms with Gasteiger partial charge in [-0.1, -0.05) is 12.1 Å². The van der Waals surface area contributed by atoms with Gasteiger partial charge in [-0.3, -0.25) is 0 Å². The number of anilines is 1. The van der Waals surface area contributed by atoms with Gasteiger partial charge in [0.2, 0.25) is 0 Å². The first kappa shape index (κ1) is 13.0. The molecule has 4 nitrogen and oxygen atoms in total. The van der Waals surface area contributed by atoms with E-state index in [1.165, 1.54) is 6.08 Å². The molecule has 1 aromatic carbocycles. The van der Waals surface area contributed by atoms with Crippen LogP contribution in [0.1, 0.15) is 5.56 Å².